The molecular formula is C26H29FN2O. The monoisotopic (exact) mass is 404 g/mol. The van der Waals surface area contributed by atoms with Crippen molar-refractivity contribution in [3.63, 3.8) is 0 Å². The van der Waals surface area contributed by atoms with E-state index in [-0.39, 0.29) is 17.8 Å². The van der Waals surface area contributed by atoms with E-state index < -0.39 is 6.04 Å². The standard InChI is InChI=1S/C26H29FN2O/c1-18-9-11-20(12-10-18)13-16-24(22-14-15-23(27)19(2)17-22)29-25(26(30)28-3)21-7-5-4-6-8-21/h4-12,14-15,17,24-25,29H,13,16H2,1-3H3,(H,28,30)/t24-,25+/m0/s1. The molecule has 0 bridgehead atoms. The topological polar surface area (TPSA) is 41.1 Å². The Bertz CT molecular complexity index is 970. The van der Waals surface area contributed by atoms with Gasteiger partial charge in [-0.05, 0) is 55.0 Å². The number of likely N-dealkylation sites (N-methyl/N-ethyl adjacent to an activating group) is 1. The van der Waals surface area contributed by atoms with Crippen molar-refractivity contribution in [3.8, 4) is 0 Å². The van der Waals surface area contributed by atoms with Crippen molar-refractivity contribution in [3.05, 3.63) is 106 Å². The molecule has 0 aromatic heterocycles. The Morgan fingerprint density at radius 3 is 2.27 bits per heavy atom. The summed E-state index contributed by atoms with van der Waals surface area (Å²) in [5.74, 6) is -0.317. The van der Waals surface area contributed by atoms with Gasteiger partial charge >= 0.3 is 0 Å². The number of amides is 1. The van der Waals surface area contributed by atoms with Gasteiger partial charge in [0.25, 0.3) is 0 Å². The van der Waals surface area contributed by atoms with E-state index in [4.69, 9.17) is 0 Å². The second-order valence-corrected chi connectivity index (χ2v) is 7.71. The second-order valence-electron chi connectivity index (χ2n) is 7.71. The van der Waals surface area contributed by atoms with Crippen LogP contribution in [0.3, 0.4) is 0 Å². The van der Waals surface area contributed by atoms with Crippen molar-refractivity contribution >= 4 is 5.91 Å². The summed E-state index contributed by atoms with van der Waals surface area (Å²) in [7, 11) is 1.64. The largest absolute Gasteiger partial charge is 0.358 e. The summed E-state index contributed by atoms with van der Waals surface area (Å²) in [4.78, 5) is 12.7. The number of hydrogen-bond acceptors (Lipinski definition) is 2. The highest BCUT2D eigenvalue weighted by Crippen LogP contribution is 2.26. The number of rotatable bonds is 8. The van der Waals surface area contributed by atoms with E-state index in [1.807, 2.05) is 36.4 Å². The van der Waals surface area contributed by atoms with Crippen LogP contribution in [0.5, 0.6) is 0 Å². The number of carbonyl (C=O) groups excluding carboxylic acids is 1. The molecule has 0 unspecified atom stereocenters. The lowest BCUT2D eigenvalue weighted by Crippen LogP contribution is -2.38. The average Bonchev–Trinajstić information content (AvgIpc) is 2.77. The Labute approximate surface area is 178 Å². The quantitative estimate of drug-likeness (QED) is 0.542. The van der Waals surface area contributed by atoms with E-state index in [1.54, 1.807) is 20.0 Å². The fourth-order valence-electron chi connectivity index (χ4n) is 3.61. The number of halogens is 1. The van der Waals surface area contributed by atoms with E-state index in [0.29, 0.717) is 5.56 Å². The lowest BCUT2D eigenvalue weighted by atomic mass is 9.95. The number of aryl methyl sites for hydroxylation is 3. The summed E-state index contributed by atoms with van der Waals surface area (Å²) in [6.45, 7) is 3.84. The first kappa shape index (κ1) is 21.7. The third-order valence-corrected chi connectivity index (χ3v) is 5.44. The maximum Gasteiger partial charge on any atom is 0.241 e. The maximum atomic E-state index is 13.9. The molecule has 3 aromatic rings. The van der Waals surface area contributed by atoms with E-state index in [9.17, 15) is 9.18 Å². The van der Waals surface area contributed by atoms with E-state index in [0.717, 1.165) is 24.0 Å². The molecule has 0 heterocycles. The van der Waals surface area contributed by atoms with Crippen molar-refractivity contribution in [1.82, 2.24) is 10.6 Å². The van der Waals surface area contributed by atoms with Crippen LogP contribution < -0.4 is 10.6 Å². The molecule has 2 N–H and O–H groups in total. The first-order valence-electron chi connectivity index (χ1n) is 10.3. The lowest BCUT2D eigenvalue weighted by Gasteiger charge is -2.26. The van der Waals surface area contributed by atoms with Gasteiger partial charge in [0.1, 0.15) is 11.9 Å². The molecule has 3 nitrogen and oxygen atoms in total. The summed E-state index contributed by atoms with van der Waals surface area (Å²) in [6, 6.07) is 22.7. The maximum absolute atomic E-state index is 13.9. The van der Waals surface area contributed by atoms with E-state index >= 15 is 0 Å². The third-order valence-electron chi connectivity index (χ3n) is 5.44. The van der Waals surface area contributed by atoms with Crippen LogP contribution in [0.15, 0.2) is 72.8 Å². The van der Waals surface area contributed by atoms with Crippen LogP contribution in [0.4, 0.5) is 4.39 Å². The van der Waals surface area contributed by atoms with Gasteiger partial charge in [-0.25, -0.2) is 4.39 Å². The second kappa shape index (κ2) is 10.2. The molecule has 3 aromatic carbocycles. The van der Waals surface area contributed by atoms with Crippen LogP contribution in [0.2, 0.25) is 0 Å². The lowest BCUT2D eigenvalue weighted by molar-refractivity contribution is -0.123. The van der Waals surface area contributed by atoms with Crippen molar-refractivity contribution in [2.45, 2.75) is 38.8 Å². The van der Waals surface area contributed by atoms with Crippen molar-refractivity contribution in [1.29, 1.82) is 0 Å². The molecule has 0 aliphatic carbocycles. The fraction of sp³-hybridized carbons (Fsp3) is 0.269. The van der Waals surface area contributed by atoms with Gasteiger partial charge in [0, 0.05) is 13.1 Å². The summed E-state index contributed by atoms with van der Waals surface area (Å²) in [6.07, 6.45) is 1.64. The molecule has 0 aliphatic heterocycles. The molecular weight excluding hydrogens is 375 g/mol. The Balaban J connectivity index is 1.89. The molecule has 156 valence electrons. The van der Waals surface area contributed by atoms with Crippen LogP contribution in [-0.4, -0.2) is 13.0 Å². The Hall–Kier alpha value is -2.98. The molecule has 4 heteroatoms. The van der Waals surface area contributed by atoms with Gasteiger partial charge in [-0.3, -0.25) is 10.1 Å². The predicted octanol–water partition coefficient (Wildman–Crippen LogP) is 5.19. The molecule has 0 saturated heterocycles. The van der Waals surface area contributed by atoms with Gasteiger partial charge in [0.15, 0.2) is 0 Å². The van der Waals surface area contributed by atoms with Crippen molar-refractivity contribution < 1.29 is 9.18 Å². The van der Waals surface area contributed by atoms with E-state index in [1.165, 1.54) is 17.2 Å². The highest BCUT2D eigenvalue weighted by molar-refractivity contribution is 5.83. The van der Waals surface area contributed by atoms with Gasteiger partial charge in [0.05, 0.1) is 0 Å². The number of nitrogens with one attached hydrogen (secondary N) is 2. The molecule has 0 fully saturated rings. The molecule has 0 saturated carbocycles. The minimum absolute atomic E-state index is 0.0969. The number of carbonyl (C=O) groups is 1. The molecule has 0 radical (unpaired) electrons. The van der Waals surface area contributed by atoms with Crippen molar-refractivity contribution in [2.24, 2.45) is 0 Å². The Kier molecular flexibility index (Phi) is 7.36. The molecule has 3 rings (SSSR count). The SMILES string of the molecule is CNC(=O)[C@H](N[C@@H](CCc1ccc(C)cc1)c1ccc(F)c(C)c1)c1ccccc1. The zero-order valence-corrected chi connectivity index (χ0v) is 17.8. The van der Waals surface area contributed by atoms with Gasteiger partial charge in [-0.15, -0.1) is 0 Å². The number of hydrogen-bond donors (Lipinski definition) is 2. The molecule has 0 spiro atoms. The summed E-state index contributed by atoms with van der Waals surface area (Å²) >= 11 is 0. The highest BCUT2D eigenvalue weighted by Gasteiger charge is 2.24. The van der Waals surface area contributed by atoms with Crippen LogP contribution in [0.25, 0.3) is 0 Å². The highest BCUT2D eigenvalue weighted by atomic mass is 19.1. The normalized spacial score (nSPS) is 12.9. The Morgan fingerprint density at radius 1 is 0.933 bits per heavy atom. The molecule has 1 amide bonds. The van der Waals surface area contributed by atoms with Gasteiger partial charge in [0.2, 0.25) is 5.91 Å². The zero-order valence-electron chi connectivity index (χ0n) is 17.8. The van der Waals surface area contributed by atoms with Gasteiger partial charge in [-0.1, -0.05) is 72.3 Å². The van der Waals surface area contributed by atoms with Crippen LogP contribution in [0, 0.1) is 19.7 Å². The van der Waals surface area contributed by atoms with Gasteiger partial charge < -0.3 is 5.32 Å². The van der Waals surface area contributed by atoms with Crippen LogP contribution in [-0.2, 0) is 11.2 Å². The first-order valence-corrected chi connectivity index (χ1v) is 10.3. The average molecular weight is 405 g/mol. The Morgan fingerprint density at radius 2 is 1.63 bits per heavy atom. The predicted molar refractivity (Wildman–Crippen MR) is 120 cm³/mol. The zero-order chi connectivity index (χ0) is 21.5. The van der Waals surface area contributed by atoms with Gasteiger partial charge in [-0.2, -0.15) is 0 Å². The summed E-state index contributed by atoms with van der Waals surface area (Å²) in [5, 5.41) is 6.29. The minimum Gasteiger partial charge on any atom is -0.358 e. The van der Waals surface area contributed by atoms with Crippen molar-refractivity contribution in [2.75, 3.05) is 7.05 Å². The van der Waals surface area contributed by atoms with E-state index in [2.05, 4.69) is 41.8 Å². The fourth-order valence-corrected chi connectivity index (χ4v) is 3.61. The molecule has 2 atom stereocenters. The molecule has 0 aliphatic rings. The van der Waals surface area contributed by atoms with Crippen LogP contribution >= 0.6 is 0 Å². The number of benzene rings is 3. The summed E-state index contributed by atoms with van der Waals surface area (Å²) < 4.78 is 13.9. The smallest absolute Gasteiger partial charge is 0.241 e. The third kappa shape index (κ3) is 5.55. The molecule has 30 heavy (non-hydrogen) atoms. The first-order chi connectivity index (χ1) is 14.5. The summed E-state index contributed by atoms with van der Waals surface area (Å²) in [5.41, 5.74) is 4.95. The minimum atomic E-state index is -0.496. The van der Waals surface area contributed by atoms with Crippen LogP contribution in [0.1, 0.15) is 46.3 Å².